The van der Waals surface area contributed by atoms with Crippen LogP contribution >= 0.6 is 24.8 Å². The standard InChI is InChI=1S/C34H33N3O7.2ClH/c1-36-23-8-6-7-20(15-23)19-44-25-13-14-26-27(18-25)33(38)37(24-11-9-22(35)10-12-24)31(34(39)43-5)30(26)21-16-28(40-2)32(42-4)29(17-21)41-3;;/h6-18,36H,19,35H2,1-5H3;2*1H. The first-order chi connectivity index (χ1) is 21.3. The first-order valence-corrected chi connectivity index (χ1v) is 13.7. The lowest BCUT2D eigenvalue weighted by Crippen LogP contribution is -2.27. The van der Waals surface area contributed by atoms with Crippen molar-refractivity contribution in [1.82, 2.24) is 4.57 Å². The molecule has 0 aliphatic carbocycles. The summed E-state index contributed by atoms with van der Waals surface area (Å²) in [6, 6.07) is 23.1. The van der Waals surface area contributed by atoms with Gasteiger partial charge in [-0.15, -0.1) is 24.8 Å². The largest absolute Gasteiger partial charge is 0.493 e. The zero-order valence-electron chi connectivity index (χ0n) is 25.9. The second-order valence-electron chi connectivity index (χ2n) is 9.81. The number of halogens is 2. The molecule has 46 heavy (non-hydrogen) atoms. The molecule has 10 nitrogen and oxygen atoms in total. The summed E-state index contributed by atoms with van der Waals surface area (Å²) in [5.74, 6) is 0.900. The Balaban J connectivity index is 0.00000288. The maximum atomic E-state index is 14.3. The fraction of sp³-hybridized carbons (Fsp3) is 0.176. The zero-order chi connectivity index (χ0) is 31.4. The molecule has 12 heteroatoms. The number of nitrogen functional groups attached to an aromatic ring is 1. The summed E-state index contributed by atoms with van der Waals surface area (Å²) >= 11 is 0. The van der Waals surface area contributed by atoms with E-state index in [1.54, 1.807) is 54.6 Å². The number of hydrogen-bond donors (Lipinski definition) is 2. The topological polar surface area (TPSA) is 123 Å². The fourth-order valence-corrected chi connectivity index (χ4v) is 5.13. The molecule has 242 valence electrons. The predicted molar refractivity (Wildman–Crippen MR) is 185 cm³/mol. The number of rotatable bonds is 10. The molecule has 1 aromatic heterocycles. The number of hydrogen-bond acceptors (Lipinski definition) is 9. The van der Waals surface area contributed by atoms with Crippen LogP contribution in [0.4, 0.5) is 11.4 Å². The number of pyridine rings is 1. The fourth-order valence-electron chi connectivity index (χ4n) is 5.13. The van der Waals surface area contributed by atoms with Crippen LogP contribution in [0.3, 0.4) is 0 Å². The number of methoxy groups -OCH3 is 4. The van der Waals surface area contributed by atoms with E-state index in [0.29, 0.717) is 56.3 Å². The molecule has 0 aliphatic rings. The lowest BCUT2D eigenvalue weighted by Gasteiger charge is -2.21. The third kappa shape index (κ3) is 6.78. The van der Waals surface area contributed by atoms with Gasteiger partial charge in [0.15, 0.2) is 11.5 Å². The Bertz CT molecular complexity index is 1890. The SMILES string of the molecule is CNc1cccc(COc2ccc3c(-c4cc(OC)c(OC)c(OC)c4)c(C(=O)OC)n(-c4ccc(N)cc4)c(=O)c3c2)c1.Cl.Cl. The van der Waals surface area contributed by atoms with Crippen molar-refractivity contribution in [3.05, 3.63) is 100 Å². The van der Waals surface area contributed by atoms with E-state index in [0.717, 1.165) is 11.3 Å². The maximum Gasteiger partial charge on any atom is 0.355 e. The summed E-state index contributed by atoms with van der Waals surface area (Å²) in [5, 5.41) is 3.94. The predicted octanol–water partition coefficient (Wildman–Crippen LogP) is 6.52. The minimum Gasteiger partial charge on any atom is -0.493 e. The summed E-state index contributed by atoms with van der Waals surface area (Å²) in [6.07, 6.45) is 0. The smallest absolute Gasteiger partial charge is 0.355 e. The van der Waals surface area contributed by atoms with Crippen LogP contribution in [-0.4, -0.2) is 46.0 Å². The number of nitrogens with zero attached hydrogens (tertiary/aromatic N) is 1. The van der Waals surface area contributed by atoms with E-state index in [2.05, 4.69) is 5.32 Å². The Morgan fingerprint density at radius 3 is 2.09 bits per heavy atom. The monoisotopic (exact) mass is 667 g/mol. The van der Waals surface area contributed by atoms with Gasteiger partial charge in [0.05, 0.1) is 33.8 Å². The number of ether oxygens (including phenoxy) is 5. The Kier molecular flexibility index (Phi) is 11.8. The highest BCUT2D eigenvalue weighted by Gasteiger charge is 2.27. The maximum absolute atomic E-state index is 14.3. The molecular weight excluding hydrogens is 633 g/mol. The van der Waals surface area contributed by atoms with Gasteiger partial charge in [-0.1, -0.05) is 12.1 Å². The van der Waals surface area contributed by atoms with Gasteiger partial charge in [0.2, 0.25) is 5.75 Å². The number of nitrogens with two attached hydrogens (primary N) is 1. The lowest BCUT2D eigenvalue weighted by atomic mass is 9.95. The highest BCUT2D eigenvalue weighted by Crippen LogP contribution is 2.44. The Morgan fingerprint density at radius 2 is 1.50 bits per heavy atom. The van der Waals surface area contributed by atoms with Crippen LogP contribution in [0.15, 0.2) is 83.7 Å². The van der Waals surface area contributed by atoms with E-state index >= 15 is 0 Å². The van der Waals surface area contributed by atoms with Crippen molar-refractivity contribution in [1.29, 1.82) is 0 Å². The summed E-state index contributed by atoms with van der Waals surface area (Å²) in [4.78, 5) is 27.8. The number of carbonyl (C=O) groups excluding carboxylic acids is 1. The molecule has 0 aliphatic heterocycles. The van der Waals surface area contributed by atoms with Crippen molar-refractivity contribution in [2.24, 2.45) is 0 Å². The quantitative estimate of drug-likeness (QED) is 0.127. The van der Waals surface area contributed by atoms with Crippen molar-refractivity contribution in [3.63, 3.8) is 0 Å². The van der Waals surface area contributed by atoms with Crippen molar-refractivity contribution in [2.75, 3.05) is 46.5 Å². The molecule has 3 N–H and O–H groups in total. The molecule has 0 bridgehead atoms. The number of carbonyl (C=O) groups is 1. The van der Waals surface area contributed by atoms with Crippen LogP contribution in [0.5, 0.6) is 23.0 Å². The van der Waals surface area contributed by atoms with Crippen molar-refractivity contribution in [2.45, 2.75) is 6.61 Å². The molecule has 0 spiro atoms. The van der Waals surface area contributed by atoms with Crippen LogP contribution in [0, 0.1) is 0 Å². The third-order valence-electron chi connectivity index (χ3n) is 7.26. The molecule has 0 fully saturated rings. The van der Waals surface area contributed by atoms with Crippen LogP contribution < -0.4 is 35.6 Å². The number of aromatic nitrogens is 1. The number of anilines is 2. The number of nitrogens with one attached hydrogen (secondary N) is 1. The van der Waals surface area contributed by atoms with Crippen LogP contribution in [-0.2, 0) is 11.3 Å². The molecule has 0 unspecified atom stereocenters. The molecule has 0 atom stereocenters. The van der Waals surface area contributed by atoms with Crippen LogP contribution in [0.2, 0.25) is 0 Å². The van der Waals surface area contributed by atoms with Crippen LogP contribution in [0.1, 0.15) is 16.1 Å². The number of esters is 1. The molecular formula is C34H35Cl2N3O7. The molecule has 0 amide bonds. The van der Waals surface area contributed by atoms with Gasteiger partial charge >= 0.3 is 5.97 Å². The number of fused-ring (bicyclic) bond motifs is 1. The van der Waals surface area contributed by atoms with E-state index < -0.39 is 11.5 Å². The molecule has 5 rings (SSSR count). The van der Waals surface area contributed by atoms with Crippen molar-refractivity contribution < 1.29 is 28.5 Å². The molecule has 0 saturated carbocycles. The van der Waals surface area contributed by atoms with Gasteiger partial charge in [-0.25, -0.2) is 4.79 Å². The van der Waals surface area contributed by atoms with Gasteiger partial charge in [0, 0.05) is 29.7 Å². The van der Waals surface area contributed by atoms with Gasteiger partial charge in [-0.05, 0) is 83.2 Å². The number of benzene rings is 4. The van der Waals surface area contributed by atoms with E-state index in [1.807, 2.05) is 31.3 Å². The second-order valence-corrected chi connectivity index (χ2v) is 9.81. The minimum atomic E-state index is -0.714. The van der Waals surface area contributed by atoms with Gasteiger partial charge in [-0.3, -0.25) is 9.36 Å². The summed E-state index contributed by atoms with van der Waals surface area (Å²) in [6.45, 7) is 0.285. The van der Waals surface area contributed by atoms with E-state index in [4.69, 9.17) is 29.4 Å². The third-order valence-corrected chi connectivity index (χ3v) is 7.26. The van der Waals surface area contributed by atoms with Gasteiger partial charge in [0.1, 0.15) is 18.1 Å². The van der Waals surface area contributed by atoms with E-state index in [9.17, 15) is 9.59 Å². The van der Waals surface area contributed by atoms with Crippen molar-refractivity contribution >= 4 is 52.9 Å². The molecule has 4 aromatic carbocycles. The Hall–Kier alpha value is -5.06. The first-order valence-electron chi connectivity index (χ1n) is 13.7. The molecule has 1 heterocycles. The summed E-state index contributed by atoms with van der Waals surface area (Å²) in [7, 11) is 7.64. The van der Waals surface area contributed by atoms with E-state index in [1.165, 1.54) is 33.0 Å². The normalized spacial score (nSPS) is 10.3. The molecule has 0 saturated heterocycles. The molecule has 5 aromatic rings. The second kappa shape index (κ2) is 15.3. The molecule has 0 radical (unpaired) electrons. The Labute approximate surface area is 278 Å². The van der Waals surface area contributed by atoms with Crippen molar-refractivity contribution in [3.8, 4) is 39.8 Å². The Morgan fingerprint density at radius 1 is 0.826 bits per heavy atom. The van der Waals surface area contributed by atoms with E-state index in [-0.39, 0.29) is 37.1 Å². The summed E-state index contributed by atoms with van der Waals surface area (Å²) in [5.41, 5.74) is 9.33. The van der Waals surface area contributed by atoms with Crippen LogP contribution in [0.25, 0.3) is 27.6 Å². The highest BCUT2D eigenvalue weighted by atomic mass is 35.5. The first kappa shape index (κ1) is 35.4. The minimum absolute atomic E-state index is 0. The van der Waals surface area contributed by atoms with Gasteiger partial charge < -0.3 is 34.7 Å². The van der Waals surface area contributed by atoms with Gasteiger partial charge in [0.25, 0.3) is 5.56 Å². The zero-order valence-corrected chi connectivity index (χ0v) is 27.5. The van der Waals surface area contributed by atoms with Gasteiger partial charge in [-0.2, -0.15) is 0 Å². The average molecular weight is 669 g/mol. The lowest BCUT2D eigenvalue weighted by molar-refractivity contribution is 0.0591. The highest BCUT2D eigenvalue weighted by molar-refractivity contribution is 6.08. The average Bonchev–Trinajstić information content (AvgIpc) is 3.06. The summed E-state index contributed by atoms with van der Waals surface area (Å²) < 4.78 is 29.4.